The smallest absolute Gasteiger partial charge is 0.317 e. The third-order valence-electron chi connectivity index (χ3n) is 4.99. The molecular weight excluding hydrogens is 334 g/mol. The van der Waals surface area contributed by atoms with Crippen LogP contribution in [-0.4, -0.2) is 50.2 Å². The van der Waals surface area contributed by atoms with Crippen LogP contribution in [0.3, 0.4) is 0 Å². The van der Waals surface area contributed by atoms with E-state index in [0.29, 0.717) is 50.0 Å². The van der Waals surface area contributed by atoms with E-state index in [4.69, 9.17) is 9.47 Å². The molecule has 1 saturated heterocycles. The zero-order valence-electron chi connectivity index (χ0n) is 15.4. The topological polar surface area (TPSA) is 79.9 Å². The van der Waals surface area contributed by atoms with Crippen molar-refractivity contribution in [2.75, 3.05) is 27.3 Å². The molecule has 3 rings (SSSR count). The molecule has 7 nitrogen and oxygen atoms in total. The van der Waals surface area contributed by atoms with Crippen molar-refractivity contribution >= 4 is 11.9 Å². The molecule has 1 aliphatic carbocycles. The van der Waals surface area contributed by atoms with E-state index in [0.717, 1.165) is 18.4 Å². The predicted octanol–water partition coefficient (Wildman–Crippen LogP) is 1.90. The van der Waals surface area contributed by atoms with Gasteiger partial charge in [0.15, 0.2) is 11.5 Å². The number of benzene rings is 1. The van der Waals surface area contributed by atoms with Gasteiger partial charge in [-0.1, -0.05) is 12.1 Å². The van der Waals surface area contributed by atoms with Gasteiger partial charge < -0.3 is 25.0 Å². The van der Waals surface area contributed by atoms with Crippen molar-refractivity contribution in [3.05, 3.63) is 23.8 Å². The van der Waals surface area contributed by atoms with Crippen LogP contribution >= 0.6 is 0 Å². The highest BCUT2D eigenvalue weighted by Gasteiger charge is 2.31. The molecular formula is C19H27N3O4. The van der Waals surface area contributed by atoms with Crippen LogP contribution in [0.5, 0.6) is 11.5 Å². The standard InChI is InChI=1S/C19H27N3O4/c1-25-16-5-3-4-14(17(16)26-2)12-20-19(24)22-10-8-13(9-11-22)18(23)21-15-6-7-15/h3-5,13,15H,6-12H2,1-2H3,(H,20,24)(H,21,23). The summed E-state index contributed by atoms with van der Waals surface area (Å²) in [6.45, 7) is 1.56. The first kappa shape index (κ1) is 18.4. The van der Waals surface area contributed by atoms with Gasteiger partial charge >= 0.3 is 6.03 Å². The minimum Gasteiger partial charge on any atom is -0.493 e. The highest BCUT2D eigenvalue weighted by Crippen LogP contribution is 2.30. The van der Waals surface area contributed by atoms with E-state index in [2.05, 4.69) is 10.6 Å². The quantitative estimate of drug-likeness (QED) is 0.811. The number of hydrogen-bond acceptors (Lipinski definition) is 4. The highest BCUT2D eigenvalue weighted by molar-refractivity contribution is 5.80. The maximum absolute atomic E-state index is 12.4. The van der Waals surface area contributed by atoms with E-state index >= 15 is 0 Å². The second-order valence-electron chi connectivity index (χ2n) is 6.86. The number of para-hydroxylation sites is 1. The Hall–Kier alpha value is -2.44. The number of amides is 3. The Bertz CT molecular complexity index is 652. The molecule has 1 heterocycles. The van der Waals surface area contributed by atoms with Crippen LogP contribution in [0, 0.1) is 5.92 Å². The molecule has 0 atom stereocenters. The predicted molar refractivity (Wildman–Crippen MR) is 97.2 cm³/mol. The molecule has 2 N–H and O–H groups in total. The van der Waals surface area contributed by atoms with Crippen LogP contribution in [0.1, 0.15) is 31.2 Å². The van der Waals surface area contributed by atoms with Crippen LogP contribution in [-0.2, 0) is 11.3 Å². The number of rotatable bonds is 6. The maximum Gasteiger partial charge on any atom is 0.317 e. The summed E-state index contributed by atoms with van der Waals surface area (Å²) in [6.07, 6.45) is 3.63. The number of urea groups is 1. The number of nitrogens with one attached hydrogen (secondary N) is 2. The lowest BCUT2D eigenvalue weighted by Gasteiger charge is -2.31. The molecule has 1 aliphatic heterocycles. The Morgan fingerprint density at radius 3 is 2.46 bits per heavy atom. The zero-order chi connectivity index (χ0) is 18.5. The second kappa shape index (κ2) is 8.29. The number of hydrogen-bond donors (Lipinski definition) is 2. The van der Waals surface area contributed by atoms with Gasteiger partial charge in [0, 0.05) is 37.2 Å². The van der Waals surface area contributed by atoms with Crippen molar-refractivity contribution in [1.29, 1.82) is 0 Å². The molecule has 1 aromatic carbocycles. The lowest BCUT2D eigenvalue weighted by atomic mass is 9.96. The van der Waals surface area contributed by atoms with E-state index in [1.807, 2.05) is 18.2 Å². The van der Waals surface area contributed by atoms with Crippen molar-refractivity contribution in [2.24, 2.45) is 5.92 Å². The number of ether oxygens (including phenoxy) is 2. The number of likely N-dealkylation sites (tertiary alicyclic amines) is 1. The molecule has 26 heavy (non-hydrogen) atoms. The van der Waals surface area contributed by atoms with Gasteiger partial charge in [0.2, 0.25) is 5.91 Å². The van der Waals surface area contributed by atoms with Crippen molar-refractivity contribution in [3.63, 3.8) is 0 Å². The van der Waals surface area contributed by atoms with Gasteiger partial charge in [-0.2, -0.15) is 0 Å². The Morgan fingerprint density at radius 1 is 1.12 bits per heavy atom. The highest BCUT2D eigenvalue weighted by atomic mass is 16.5. The summed E-state index contributed by atoms with van der Waals surface area (Å²) < 4.78 is 10.7. The normalized spacial score (nSPS) is 17.5. The second-order valence-corrected chi connectivity index (χ2v) is 6.86. The van der Waals surface area contributed by atoms with Gasteiger partial charge in [0.25, 0.3) is 0 Å². The molecule has 2 aliphatic rings. The Balaban J connectivity index is 1.48. The molecule has 1 aromatic rings. The molecule has 0 bridgehead atoms. The lowest BCUT2D eigenvalue weighted by molar-refractivity contribution is -0.126. The number of methoxy groups -OCH3 is 2. The largest absolute Gasteiger partial charge is 0.493 e. The van der Waals surface area contributed by atoms with Gasteiger partial charge in [-0.15, -0.1) is 0 Å². The lowest BCUT2D eigenvalue weighted by Crippen LogP contribution is -2.47. The number of piperidine rings is 1. The van der Waals surface area contributed by atoms with E-state index in [1.165, 1.54) is 0 Å². The van der Waals surface area contributed by atoms with Gasteiger partial charge in [-0.3, -0.25) is 4.79 Å². The molecule has 7 heteroatoms. The monoisotopic (exact) mass is 361 g/mol. The summed E-state index contributed by atoms with van der Waals surface area (Å²) in [4.78, 5) is 26.3. The van der Waals surface area contributed by atoms with Gasteiger partial charge in [-0.05, 0) is 31.7 Å². The Labute approximate surface area is 154 Å². The van der Waals surface area contributed by atoms with E-state index < -0.39 is 0 Å². The van der Waals surface area contributed by atoms with Gasteiger partial charge in [-0.25, -0.2) is 4.79 Å². The van der Waals surface area contributed by atoms with Crippen molar-refractivity contribution in [1.82, 2.24) is 15.5 Å². The number of nitrogens with zero attached hydrogens (tertiary/aromatic N) is 1. The van der Waals surface area contributed by atoms with Crippen molar-refractivity contribution in [2.45, 2.75) is 38.3 Å². The van der Waals surface area contributed by atoms with E-state index in [-0.39, 0.29) is 17.9 Å². The van der Waals surface area contributed by atoms with E-state index in [9.17, 15) is 9.59 Å². The molecule has 1 saturated carbocycles. The molecule has 2 fully saturated rings. The van der Waals surface area contributed by atoms with E-state index in [1.54, 1.807) is 19.1 Å². The van der Waals surface area contributed by atoms with Gasteiger partial charge in [0.05, 0.1) is 14.2 Å². The van der Waals surface area contributed by atoms with Crippen LogP contribution in [0.4, 0.5) is 4.79 Å². The zero-order valence-corrected chi connectivity index (χ0v) is 15.4. The third kappa shape index (κ3) is 4.39. The number of carbonyl (C=O) groups is 2. The summed E-state index contributed by atoms with van der Waals surface area (Å²) in [6, 6.07) is 5.86. The average Bonchev–Trinajstić information content (AvgIpc) is 3.49. The summed E-state index contributed by atoms with van der Waals surface area (Å²) in [5.41, 5.74) is 0.860. The van der Waals surface area contributed by atoms with Crippen LogP contribution in [0.2, 0.25) is 0 Å². The minimum atomic E-state index is -0.115. The Kier molecular flexibility index (Phi) is 5.85. The minimum absolute atomic E-state index is 0.0260. The summed E-state index contributed by atoms with van der Waals surface area (Å²) in [5.74, 6) is 1.44. The van der Waals surface area contributed by atoms with Crippen molar-refractivity contribution < 1.29 is 19.1 Å². The number of carbonyl (C=O) groups excluding carboxylic acids is 2. The van der Waals surface area contributed by atoms with Crippen LogP contribution < -0.4 is 20.1 Å². The molecule has 3 amide bonds. The molecule has 142 valence electrons. The fourth-order valence-corrected chi connectivity index (χ4v) is 3.27. The van der Waals surface area contributed by atoms with Crippen molar-refractivity contribution in [3.8, 4) is 11.5 Å². The SMILES string of the molecule is COc1cccc(CNC(=O)N2CCC(C(=O)NC3CC3)CC2)c1OC. The molecule has 0 spiro atoms. The first-order valence-corrected chi connectivity index (χ1v) is 9.15. The van der Waals surface area contributed by atoms with Crippen LogP contribution in [0.25, 0.3) is 0 Å². The first-order chi connectivity index (χ1) is 12.6. The van der Waals surface area contributed by atoms with Gasteiger partial charge in [0.1, 0.15) is 0 Å². The molecule has 0 unspecified atom stereocenters. The summed E-state index contributed by atoms with van der Waals surface area (Å²) in [7, 11) is 3.17. The third-order valence-corrected chi connectivity index (χ3v) is 4.99. The molecule has 0 aromatic heterocycles. The maximum atomic E-state index is 12.4. The fourth-order valence-electron chi connectivity index (χ4n) is 3.27. The van der Waals surface area contributed by atoms with Crippen LogP contribution in [0.15, 0.2) is 18.2 Å². The fraction of sp³-hybridized carbons (Fsp3) is 0.579. The first-order valence-electron chi connectivity index (χ1n) is 9.15. The Morgan fingerprint density at radius 2 is 1.85 bits per heavy atom. The summed E-state index contributed by atoms with van der Waals surface area (Å²) in [5, 5.41) is 5.99. The average molecular weight is 361 g/mol. The molecule has 0 radical (unpaired) electrons. The summed E-state index contributed by atoms with van der Waals surface area (Å²) >= 11 is 0.